The molecule has 2 aromatic rings. The van der Waals surface area contributed by atoms with E-state index in [1.54, 1.807) is 27.0 Å². The zero-order valence-corrected chi connectivity index (χ0v) is 23.4. The van der Waals surface area contributed by atoms with Crippen molar-refractivity contribution in [3.63, 3.8) is 0 Å². The van der Waals surface area contributed by atoms with E-state index in [2.05, 4.69) is 21.0 Å². The Morgan fingerprint density at radius 3 is 2.45 bits per heavy atom. The van der Waals surface area contributed by atoms with E-state index in [1.165, 1.54) is 11.9 Å². The highest BCUT2D eigenvalue weighted by atomic mass is 16.4. The first-order valence-electron chi connectivity index (χ1n) is 13.6. The van der Waals surface area contributed by atoms with Crippen LogP contribution >= 0.6 is 0 Å². The van der Waals surface area contributed by atoms with Crippen LogP contribution in [0.2, 0.25) is 0 Å². The summed E-state index contributed by atoms with van der Waals surface area (Å²) in [7, 11) is 0. The van der Waals surface area contributed by atoms with Gasteiger partial charge in [-0.3, -0.25) is 29.2 Å². The molecule has 1 aliphatic heterocycles. The van der Waals surface area contributed by atoms with Crippen LogP contribution in [-0.2, 0) is 25.6 Å². The quantitative estimate of drug-likeness (QED) is 0.282. The van der Waals surface area contributed by atoms with Gasteiger partial charge in [0.2, 0.25) is 11.8 Å². The van der Waals surface area contributed by atoms with Crippen LogP contribution in [0.4, 0.5) is 0 Å². The fourth-order valence-electron chi connectivity index (χ4n) is 4.47. The Kier molecular flexibility index (Phi) is 10.7. The Morgan fingerprint density at radius 1 is 1.07 bits per heavy atom. The highest BCUT2D eigenvalue weighted by Crippen LogP contribution is 2.23. The predicted molar refractivity (Wildman–Crippen MR) is 149 cm³/mol. The molecule has 0 bridgehead atoms. The Hall–Kier alpha value is -3.83. The highest BCUT2D eigenvalue weighted by molar-refractivity contribution is 5.92. The summed E-state index contributed by atoms with van der Waals surface area (Å²) < 4.78 is 0. The lowest BCUT2D eigenvalue weighted by molar-refractivity contribution is -0.148. The Bertz CT molecular complexity index is 1200. The minimum Gasteiger partial charge on any atom is -0.480 e. The third-order valence-corrected chi connectivity index (χ3v) is 6.88. The number of hydrazine groups is 1. The normalized spacial score (nSPS) is 17.6. The lowest BCUT2D eigenvalue weighted by Crippen LogP contribution is -2.60. The van der Waals surface area contributed by atoms with E-state index < -0.39 is 42.0 Å². The zero-order chi connectivity index (χ0) is 29.4. The van der Waals surface area contributed by atoms with E-state index in [-0.39, 0.29) is 18.2 Å². The number of amides is 3. The second kappa shape index (κ2) is 14.0. The lowest BCUT2D eigenvalue weighted by atomic mass is 10.0. The number of nitrogens with one attached hydrogen (secondary N) is 3. The van der Waals surface area contributed by atoms with Crippen LogP contribution in [0, 0.1) is 5.92 Å². The molecule has 1 unspecified atom stereocenters. The number of aliphatic hydroxyl groups is 1. The van der Waals surface area contributed by atoms with E-state index in [1.807, 2.05) is 36.4 Å². The molecule has 0 saturated carbocycles. The number of aliphatic carboxylic acids is 1. The van der Waals surface area contributed by atoms with Crippen molar-refractivity contribution in [3.05, 3.63) is 53.9 Å². The van der Waals surface area contributed by atoms with Crippen molar-refractivity contribution in [1.29, 1.82) is 0 Å². The third kappa shape index (κ3) is 8.33. The number of pyridine rings is 1. The molecule has 1 aromatic heterocycles. The predicted octanol–water partition coefficient (Wildman–Crippen LogP) is 1.96. The van der Waals surface area contributed by atoms with E-state index in [0.717, 1.165) is 22.4 Å². The molecule has 1 aliphatic rings. The van der Waals surface area contributed by atoms with Gasteiger partial charge in [-0.05, 0) is 62.3 Å². The van der Waals surface area contributed by atoms with Crippen molar-refractivity contribution in [2.75, 3.05) is 6.54 Å². The number of rotatable bonds is 11. The number of hydrogen-bond acceptors (Lipinski definition) is 7. The smallest absolute Gasteiger partial charge is 0.322 e. The van der Waals surface area contributed by atoms with Crippen LogP contribution < -0.4 is 16.1 Å². The molecule has 1 saturated heterocycles. The van der Waals surface area contributed by atoms with Crippen LogP contribution in [0.5, 0.6) is 0 Å². The van der Waals surface area contributed by atoms with Crippen molar-refractivity contribution >= 4 is 23.7 Å². The van der Waals surface area contributed by atoms with Crippen molar-refractivity contribution in [1.82, 2.24) is 26.1 Å². The summed E-state index contributed by atoms with van der Waals surface area (Å²) in [6.45, 7) is 7.18. The number of carboxylic acids is 1. The van der Waals surface area contributed by atoms with E-state index in [9.17, 15) is 29.4 Å². The molecular formula is C29H39N5O6. The second-order valence-corrected chi connectivity index (χ2v) is 10.5. The van der Waals surface area contributed by atoms with Gasteiger partial charge in [-0.15, -0.1) is 0 Å². The van der Waals surface area contributed by atoms with Crippen molar-refractivity contribution in [3.8, 4) is 11.1 Å². The highest BCUT2D eigenvalue weighted by Gasteiger charge is 2.32. The molecule has 3 rings (SSSR count). The summed E-state index contributed by atoms with van der Waals surface area (Å²) in [5, 5.41) is 25.7. The Balaban J connectivity index is 1.52. The number of carbonyl (C=O) groups is 4. The molecule has 0 aliphatic carbocycles. The Morgan fingerprint density at radius 2 is 1.82 bits per heavy atom. The molecule has 2 heterocycles. The molecule has 11 heteroatoms. The molecule has 3 amide bonds. The average Bonchev–Trinajstić information content (AvgIpc) is 2.94. The summed E-state index contributed by atoms with van der Waals surface area (Å²) in [6, 6.07) is 8.76. The van der Waals surface area contributed by atoms with Gasteiger partial charge in [-0.25, -0.2) is 5.43 Å². The fraction of sp³-hybridized carbons (Fsp3) is 0.483. The van der Waals surface area contributed by atoms with Crippen molar-refractivity contribution in [2.45, 2.75) is 77.6 Å². The average molecular weight is 554 g/mol. The van der Waals surface area contributed by atoms with Gasteiger partial charge in [-0.1, -0.05) is 38.1 Å². The molecule has 11 nitrogen and oxygen atoms in total. The van der Waals surface area contributed by atoms with E-state index >= 15 is 0 Å². The number of carbonyl (C=O) groups excluding carboxylic acids is 3. The second-order valence-electron chi connectivity index (χ2n) is 10.5. The molecule has 0 radical (unpaired) electrons. The van der Waals surface area contributed by atoms with E-state index in [0.29, 0.717) is 25.8 Å². The summed E-state index contributed by atoms with van der Waals surface area (Å²) in [6.07, 6.45) is 2.63. The van der Waals surface area contributed by atoms with Gasteiger partial charge in [-0.2, -0.15) is 0 Å². The number of carboxylic acid groups (broad SMARTS) is 1. The molecule has 216 valence electrons. The van der Waals surface area contributed by atoms with Gasteiger partial charge in [0.15, 0.2) is 0 Å². The number of benzene rings is 1. The number of aliphatic hydroxyl groups excluding tert-OH is 1. The van der Waals surface area contributed by atoms with Crippen LogP contribution in [0.3, 0.4) is 0 Å². The van der Waals surface area contributed by atoms with Gasteiger partial charge in [0.25, 0.3) is 5.91 Å². The molecule has 1 fully saturated rings. The first-order chi connectivity index (χ1) is 19.0. The molecule has 4 atom stereocenters. The summed E-state index contributed by atoms with van der Waals surface area (Å²) in [4.78, 5) is 54.2. The maximum absolute atomic E-state index is 13.0. The first kappa shape index (κ1) is 30.7. The topological polar surface area (TPSA) is 161 Å². The third-order valence-electron chi connectivity index (χ3n) is 6.88. The van der Waals surface area contributed by atoms with Crippen LogP contribution in [-0.4, -0.2) is 68.6 Å². The summed E-state index contributed by atoms with van der Waals surface area (Å²) in [5.41, 5.74) is 6.07. The largest absolute Gasteiger partial charge is 0.480 e. The maximum Gasteiger partial charge on any atom is 0.322 e. The maximum atomic E-state index is 13.0. The van der Waals surface area contributed by atoms with Crippen molar-refractivity contribution in [2.24, 2.45) is 5.92 Å². The molecular weight excluding hydrogens is 514 g/mol. The minimum absolute atomic E-state index is 0.128. The van der Waals surface area contributed by atoms with Gasteiger partial charge < -0.3 is 20.8 Å². The van der Waals surface area contributed by atoms with Gasteiger partial charge in [0, 0.05) is 30.4 Å². The van der Waals surface area contributed by atoms with Crippen LogP contribution in [0.15, 0.2) is 42.6 Å². The monoisotopic (exact) mass is 553 g/mol. The van der Waals surface area contributed by atoms with Crippen LogP contribution in [0.25, 0.3) is 11.1 Å². The SMILES string of the molecule is CC(C)C(NC(=O)CCc1ccc(-c2cccc([C@@H](C)O)c2)cn1)C(=O)N[C@@H](C)C(=O)N1CCC[C@@H](C(=O)O)N1. The fourth-order valence-corrected chi connectivity index (χ4v) is 4.47. The van der Waals surface area contributed by atoms with Crippen molar-refractivity contribution < 1.29 is 29.4 Å². The molecule has 5 N–H and O–H groups in total. The minimum atomic E-state index is -1.04. The summed E-state index contributed by atoms with van der Waals surface area (Å²) >= 11 is 0. The molecule has 40 heavy (non-hydrogen) atoms. The van der Waals surface area contributed by atoms with Gasteiger partial charge in [0.1, 0.15) is 18.1 Å². The number of hydrogen-bond donors (Lipinski definition) is 5. The van der Waals surface area contributed by atoms with Gasteiger partial charge in [0.05, 0.1) is 6.10 Å². The van der Waals surface area contributed by atoms with Gasteiger partial charge >= 0.3 is 5.97 Å². The number of nitrogens with zero attached hydrogens (tertiary/aromatic N) is 2. The first-order valence-corrected chi connectivity index (χ1v) is 13.6. The number of aromatic nitrogens is 1. The zero-order valence-electron chi connectivity index (χ0n) is 23.4. The Labute approximate surface area is 234 Å². The standard InChI is InChI=1S/C29H39N5O6/c1-17(2)26(27(37)31-18(3)28(38)34-14-6-9-24(33-34)29(39)40)32-25(36)13-12-23-11-10-22(16-30-23)21-8-5-7-20(15-21)19(4)35/h5,7-8,10-11,15-19,24,26,33,35H,6,9,12-14H2,1-4H3,(H,31,37)(H,32,36)(H,39,40)/t18-,19+,24-,26?/m0/s1. The number of aryl methyl sites for hydroxylation is 1. The lowest BCUT2D eigenvalue weighted by Gasteiger charge is -2.34. The van der Waals surface area contributed by atoms with Crippen LogP contribution in [0.1, 0.15) is 64.3 Å². The molecule has 0 spiro atoms. The summed E-state index contributed by atoms with van der Waals surface area (Å²) in [5.74, 6) is -2.51. The van der Waals surface area contributed by atoms with E-state index in [4.69, 9.17) is 0 Å². The molecule has 1 aromatic carbocycles.